The fourth-order valence-corrected chi connectivity index (χ4v) is 17.3. The summed E-state index contributed by atoms with van der Waals surface area (Å²) in [6.45, 7) is 1.59. The van der Waals surface area contributed by atoms with Crippen molar-refractivity contribution in [2.24, 2.45) is 0 Å². The first-order valence-corrected chi connectivity index (χ1v) is 47.2. The maximum absolute atomic E-state index is 13.2. The number of hydrogen-bond acceptors (Lipinski definition) is 34. The fourth-order valence-electron chi connectivity index (χ4n) is 17.3. The number of hydrogen-bond donors (Lipinski definition) is 4. The number of anilines is 1. The molecule has 50 nitrogen and oxygen atoms in total. The molecule has 784 valence electrons. The number of ether oxygens (including phenoxy) is 1. The Labute approximate surface area is 851 Å². The van der Waals surface area contributed by atoms with Crippen molar-refractivity contribution in [1.29, 1.82) is 0 Å². The third kappa shape index (κ3) is 29.9. The maximum atomic E-state index is 13.2. The molecule has 13 rings (SSSR count). The molecule has 28 amide bonds. The van der Waals surface area contributed by atoms with E-state index in [1.807, 2.05) is 0 Å². The van der Waals surface area contributed by atoms with Gasteiger partial charge in [0.15, 0.2) is 11.6 Å². The summed E-state index contributed by atoms with van der Waals surface area (Å²) < 4.78 is 5.59. The van der Waals surface area contributed by atoms with Gasteiger partial charge >= 0.3 is 0 Å². The van der Waals surface area contributed by atoms with Gasteiger partial charge in [0.1, 0.15) is 24.0 Å². The molecule has 0 saturated heterocycles. The smallest absolute Gasteiger partial charge is 0.253 e. The molecule has 1 aromatic carbocycles. The minimum Gasteiger partial charge on any atom is -0.369 e. The number of nitrogens with zero attached hydrogens (tertiary/aromatic N) is 12. The van der Waals surface area contributed by atoms with Gasteiger partial charge in [-0.05, 0) is 95.9 Å². The predicted octanol–water partition coefficient (Wildman–Crippen LogP) is -3.69. The zero-order valence-corrected chi connectivity index (χ0v) is 80.8. The van der Waals surface area contributed by atoms with Crippen LogP contribution in [0, 0.1) is 0 Å². The van der Waals surface area contributed by atoms with E-state index in [1.165, 1.54) is 39.0 Å². The second-order valence-electron chi connectivity index (χ2n) is 35.7. The second kappa shape index (κ2) is 51.2. The molecular formula is C100H100N16O34. The van der Waals surface area contributed by atoms with Crippen LogP contribution in [-0.4, -0.2) is 360 Å². The highest BCUT2D eigenvalue weighted by Crippen LogP contribution is 2.28. The fraction of sp³-hybridized carbons (Fsp3) is 0.370. The van der Waals surface area contributed by atoms with Crippen LogP contribution in [0.3, 0.4) is 0 Å². The Morgan fingerprint density at radius 1 is 0.253 bits per heavy atom. The zero-order valence-electron chi connectivity index (χ0n) is 80.8. The summed E-state index contributed by atoms with van der Waals surface area (Å²) in [5, 5.41) is 10.7. The van der Waals surface area contributed by atoms with Gasteiger partial charge in [0, 0.05) is 234 Å². The van der Waals surface area contributed by atoms with Crippen LogP contribution in [0.2, 0.25) is 0 Å². The van der Waals surface area contributed by atoms with Crippen LogP contribution in [0.1, 0.15) is 139 Å². The van der Waals surface area contributed by atoms with Crippen LogP contribution in [0.15, 0.2) is 164 Å². The summed E-state index contributed by atoms with van der Waals surface area (Å²) in [4.78, 5) is 418. The first-order chi connectivity index (χ1) is 71.2. The molecule has 0 spiro atoms. The summed E-state index contributed by atoms with van der Waals surface area (Å²) in [5.74, 6) is -18.9. The Kier molecular flexibility index (Phi) is 38.3. The number of imide groups is 12. The summed E-state index contributed by atoms with van der Waals surface area (Å²) >= 11 is 0. The molecule has 12 aliphatic rings. The van der Waals surface area contributed by atoms with Gasteiger partial charge in [-0.25, -0.2) is 0 Å². The number of amides is 28. The van der Waals surface area contributed by atoms with E-state index >= 15 is 0 Å². The molecule has 0 fully saturated rings. The largest absolute Gasteiger partial charge is 0.369 e. The van der Waals surface area contributed by atoms with Gasteiger partial charge in [-0.1, -0.05) is 0 Å². The SMILES string of the molecule is CC(=O)CCC(CNC(=O)CCC(CN1C(=O)C=CC1=O)N1C(=O)C=CC1=O)NC(=O)CCC(CN1C(=O)C=CC1=O)N1C(=O)C=CC1=O.CC(=O)COC(CCC(=O)CCC(CN1C(=O)C=CC1=O)N1C(=O)C=CC1=O)CNC(=O)CCC(CN1C(=O)C=CC1=O)N1C(=O)C=CC1=O.CC(=O)c1cc(CC(=O)CCC(CN2C(=O)C=CC2=O)N2C(=O)C=CC2=O)cc(NC(=O)CCC(CN2C(=O)C=CC2=O)N2C(=O)C=CC2=O)c1. The molecule has 150 heavy (non-hydrogen) atoms. The highest BCUT2D eigenvalue weighted by molar-refractivity contribution is 6.21. The van der Waals surface area contributed by atoms with Gasteiger partial charge in [0.25, 0.3) is 142 Å². The molecule has 12 heterocycles. The maximum Gasteiger partial charge on any atom is 0.253 e. The normalized spacial score (nSPS) is 18.6. The average Bonchev–Trinajstić information content (AvgIpc) is 1.70. The molecule has 4 N–H and O–H groups in total. The Bertz CT molecular complexity index is 5920. The van der Waals surface area contributed by atoms with E-state index in [2.05, 4.69) is 21.3 Å². The van der Waals surface area contributed by atoms with Gasteiger partial charge in [-0.2, -0.15) is 0 Å². The van der Waals surface area contributed by atoms with Gasteiger partial charge in [-0.3, -0.25) is 212 Å². The van der Waals surface area contributed by atoms with E-state index in [0.717, 1.165) is 205 Å². The number of rotatable bonds is 54. The molecule has 8 unspecified atom stereocenters. The molecule has 50 heteroatoms. The Morgan fingerprint density at radius 3 is 0.773 bits per heavy atom. The van der Waals surface area contributed by atoms with Crippen molar-refractivity contribution in [3.63, 3.8) is 0 Å². The molecule has 0 aliphatic carbocycles. The van der Waals surface area contributed by atoms with Crippen LogP contribution in [-0.2, 0) is 165 Å². The summed E-state index contributed by atoms with van der Waals surface area (Å²) in [5.41, 5.74) is 0.716. The van der Waals surface area contributed by atoms with Crippen molar-refractivity contribution in [2.75, 3.05) is 64.3 Å². The van der Waals surface area contributed by atoms with E-state index in [9.17, 15) is 158 Å². The van der Waals surface area contributed by atoms with E-state index in [0.29, 0.717) is 5.56 Å². The quantitative estimate of drug-likeness (QED) is 0.0360. The van der Waals surface area contributed by atoms with Gasteiger partial charge < -0.3 is 30.8 Å². The molecule has 0 aromatic heterocycles. The number of Topliss-reactive ketones (excluding diaryl/α,β-unsaturated/α-hetero) is 5. The lowest BCUT2D eigenvalue weighted by Crippen LogP contribution is -2.49. The van der Waals surface area contributed by atoms with Crippen LogP contribution in [0.25, 0.3) is 0 Å². The van der Waals surface area contributed by atoms with Crippen molar-refractivity contribution >= 4 is 200 Å². The molecule has 0 saturated carbocycles. The Balaban J connectivity index is 0.000000213. The molecular weight excluding hydrogens is 1970 g/mol. The van der Waals surface area contributed by atoms with Gasteiger partial charge in [0.2, 0.25) is 23.6 Å². The zero-order chi connectivity index (χ0) is 109. The number of carbonyl (C=O) groups excluding carboxylic acids is 33. The van der Waals surface area contributed by atoms with Crippen molar-refractivity contribution < 1.29 is 163 Å². The first-order valence-electron chi connectivity index (χ1n) is 47.2. The van der Waals surface area contributed by atoms with Crippen molar-refractivity contribution in [1.82, 2.24) is 74.7 Å². The Hall–Kier alpha value is -18.0. The van der Waals surface area contributed by atoms with Crippen LogP contribution >= 0.6 is 0 Å². The Morgan fingerprint density at radius 2 is 0.500 bits per heavy atom. The lowest BCUT2D eigenvalue weighted by atomic mass is 9.99. The van der Waals surface area contributed by atoms with E-state index in [-0.39, 0.29) is 208 Å². The first kappa shape index (κ1) is 112. The molecule has 1 aromatic rings. The van der Waals surface area contributed by atoms with Crippen molar-refractivity contribution in [2.45, 2.75) is 178 Å². The third-order valence-corrected chi connectivity index (χ3v) is 25.0. The lowest BCUT2D eigenvalue weighted by molar-refractivity contribution is -0.145. The molecule has 8 atom stereocenters. The van der Waals surface area contributed by atoms with E-state index in [1.54, 1.807) is 0 Å². The minimum absolute atomic E-state index is 0.0336. The lowest BCUT2D eigenvalue weighted by Gasteiger charge is -2.29. The van der Waals surface area contributed by atoms with Crippen LogP contribution in [0.5, 0.6) is 0 Å². The summed E-state index contributed by atoms with van der Waals surface area (Å²) in [7, 11) is 0. The highest BCUT2D eigenvalue weighted by Gasteiger charge is 2.44. The minimum atomic E-state index is -1.00. The standard InChI is InChI=1S/C35H31N5O11.C33H35N5O12.C32H34N6O11/c1-20(41)22-14-21(16-26(42)4-2-24(39-32(48)10-11-33(39)49)18-37-28(44)6-7-29(37)45)15-23(17-22)36-27(43)5-3-25(40-34(50)12-13-35(40)51)19-38-30(46)8-9-31(38)47;1-20(39)19-50-24(6-5-23(40)4-2-21(37-30(46)12-13-31(37)47)17-35-26(42)8-9-27(35)43)16-34-25(41)7-3-22(38-32(48)14-15-33(38)49)18-36-28(44)10-11-29(36)45;1-19(39)2-3-20(34-24(41)7-5-22(38-31(48)14-15-32(38)49)18-36-27(44)10-11-28(36)45)16-33-23(40)6-4-21(37-29(46)12-13-30(37)47)17-35-25(42)8-9-26(35)43/h6-15,17,24-25H,2-5,16,18-19H2,1H3,(H,36,43);8-15,21-22,24H,2-7,16-19H2,1H3,(H,34,41);8-15,20-22H,2-7,16-18H2,1H3,(H,33,40)(H,34,41). The topological polar surface area (TPSA) is 660 Å². The molecule has 12 aliphatic heterocycles. The number of benzene rings is 1. The van der Waals surface area contributed by atoms with E-state index in [4.69, 9.17) is 4.74 Å². The molecule has 0 radical (unpaired) electrons. The van der Waals surface area contributed by atoms with Gasteiger partial charge in [0.05, 0.1) is 81.6 Å². The van der Waals surface area contributed by atoms with E-state index < -0.39 is 214 Å². The second-order valence-corrected chi connectivity index (χ2v) is 35.7. The van der Waals surface area contributed by atoms with Crippen LogP contribution in [0.4, 0.5) is 5.69 Å². The third-order valence-electron chi connectivity index (χ3n) is 25.0. The van der Waals surface area contributed by atoms with Gasteiger partial charge in [-0.15, -0.1) is 0 Å². The van der Waals surface area contributed by atoms with Crippen LogP contribution < -0.4 is 21.3 Å². The number of carbonyl (C=O) groups is 33. The monoisotopic (exact) mass is 2070 g/mol. The number of nitrogens with one attached hydrogen (secondary N) is 4. The van der Waals surface area contributed by atoms with Crippen molar-refractivity contribution in [3.8, 4) is 0 Å². The number of ketones is 5. The average molecular weight is 2070 g/mol. The van der Waals surface area contributed by atoms with Crippen molar-refractivity contribution in [3.05, 3.63) is 175 Å². The predicted molar refractivity (Wildman–Crippen MR) is 506 cm³/mol. The molecule has 0 bridgehead atoms. The summed E-state index contributed by atoms with van der Waals surface area (Å²) in [6, 6.07) is -2.25. The highest BCUT2D eigenvalue weighted by atomic mass is 16.5. The summed E-state index contributed by atoms with van der Waals surface area (Å²) in [6.07, 6.45) is 22.9.